The molecule has 4 heterocycles. The molecule has 0 radical (unpaired) electrons. The van der Waals surface area contributed by atoms with E-state index in [9.17, 15) is 0 Å². The third kappa shape index (κ3) is 12.6. The van der Waals surface area contributed by atoms with Gasteiger partial charge in [0, 0.05) is 35.9 Å². The number of rotatable bonds is 4. The summed E-state index contributed by atoms with van der Waals surface area (Å²) in [7, 11) is 0. The Kier molecular flexibility index (Phi) is 14.8. The molecular weight excluding hydrogens is 616 g/mol. The van der Waals surface area contributed by atoms with Crippen molar-refractivity contribution < 1.29 is 20.8 Å². The SMILES string of the molecule is NC(=NO)c1ccnc(N)c1.NC(=NO)c1cnc(N)c(Cl)c1.NC(=NO)c1cnc(N)cn1.NC(=NO)c1cnc(N)nc1. The Morgan fingerprint density at radius 2 is 1.09 bits per heavy atom. The van der Waals surface area contributed by atoms with Gasteiger partial charge in [0.05, 0.1) is 23.0 Å². The Hall–Kier alpha value is -6.97. The zero-order valence-corrected chi connectivity index (χ0v) is 23.7. The molecule has 0 spiro atoms. The molecule has 20 N–H and O–H groups in total. The number of aromatic nitrogens is 6. The van der Waals surface area contributed by atoms with Crippen molar-refractivity contribution in [3.8, 4) is 0 Å². The molecule has 238 valence electrons. The standard InChI is InChI=1S/C6H7ClN4O.C6H8N4O.2C5H7N5O/c7-4-1-3(5(8)11-12)2-10-6(4)9;7-5-3-4(1-2-9-5)6(8)10-11;6-4-2-8-3(1-9-4)5(7)10-11;6-4(10-11)3-1-8-5(7)9-2-3/h1-2,12H,(H2,8,11)(H2,9,10);1-3,11H,(H2,7,9)(H2,8,10);1-2,11H,(H2,6,9)(H2,7,10);1-2,11H,(H2,6,10)(H2,7,8,9). The van der Waals surface area contributed by atoms with Crippen LogP contribution in [0.1, 0.15) is 22.4 Å². The van der Waals surface area contributed by atoms with Gasteiger partial charge in [-0.3, -0.25) is 0 Å². The van der Waals surface area contributed by atoms with Gasteiger partial charge in [0.2, 0.25) is 5.95 Å². The van der Waals surface area contributed by atoms with E-state index in [1.54, 1.807) is 6.07 Å². The van der Waals surface area contributed by atoms with Gasteiger partial charge in [-0.1, -0.05) is 32.2 Å². The fourth-order valence-corrected chi connectivity index (χ4v) is 2.53. The summed E-state index contributed by atoms with van der Waals surface area (Å²) in [5.74, 6) is 0.852. The first-order valence-corrected chi connectivity index (χ1v) is 11.9. The Balaban J connectivity index is 0.000000300. The maximum Gasteiger partial charge on any atom is 0.219 e. The van der Waals surface area contributed by atoms with Crippen LogP contribution in [0.25, 0.3) is 0 Å². The molecule has 0 fully saturated rings. The van der Waals surface area contributed by atoms with Crippen molar-refractivity contribution >= 4 is 58.3 Å². The van der Waals surface area contributed by atoms with Crippen molar-refractivity contribution in [3.63, 3.8) is 0 Å². The maximum atomic E-state index is 8.31. The fourth-order valence-electron chi connectivity index (χ4n) is 2.36. The van der Waals surface area contributed by atoms with Crippen LogP contribution in [0.2, 0.25) is 5.02 Å². The van der Waals surface area contributed by atoms with Gasteiger partial charge in [0.1, 0.15) is 23.1 Å². The molecule has 4 rings (SSSR count). The van der Waals surface area contributed by atoms with Crippen LogP contribution in [0.5, 0.6) is 0 Å². The minimum atomic E-state index is -0.0856. The van der Waals surface area contributed by atoms with Crippen LogP contribution >= 0.6 is 11.6 Å². The van der Waals surface area contributed by atoms with Gasteiger partial charge in [-0.05, 0) is 18.2 Å². The van der Waals surface area contributed by atoms with Crippen LogP contribution in [-0.4, -0.2) is 74.1 Å². The predicted molar refractivity (Wildman–Crippen MR) is 165 cm³/mol. The summed E-state index contributed by atoms with van der Waals surface area (Å²) < 4.78 is 0. The molecule has 0 atom stereocenters. The molecule has 0 unspecified atom stereocenters. The third-order valence-electron chi connectivity index (χ3n) is 4.58. The second kappa shape index (κ2) is 18.5. The van der Waals surface area contributed by atoms with Crippen LogP contribution < -0.4 is 45.9 Å². The summed E-state index contributed by atoms with van der Waals surface area (Å²) in [5, 5.41) is 44.4. The molecule has 22 nitrogen and oxygen atoms in total. The highest BCUT2D eigenvalue weighted by Crippen LogP contribution is 2.16. The topological polar surface area (TPSA) is 416 Å². The van der Waals surface area contributed by atoms with E-state index in [4.69, 9.17) is 78.3 Å². The number of pyridine rings is 2. The summed E-state index contributed by atoms with van der Waals surface area (Å²) in [6, 6.07) is 4.60. The van der Waals surface area contributed by atoms with Gasteiger partial charge < -0.3 is 66.7 Å². The molecule has 0 saturated carbocycles. The summed E-state index contributed by atoms with van der Waals surface area (Å²) in [5.41, 5.74) is 43.8. The lowest BCUT2D eigenvalue weighted by Gasteiger charge is -1.99. The first-order valence-electron chi connectivity index (χ1n) is 11.6. The molecule has 4 aromatic heterocycles. The van der Waals surface area contributed by atoms with Crippen LogP contribution in [0.3, 0.4) is 0 Å². The number of hydrogen-bond donors (Lipinski definition) is 12. The van der Waals surface area contributed by atoms with E-state index in [1.807, 2.05) is 0 Å². The molecule has 0 saturated heterocycles. The van der Waals surface area contributed by atoms with Crippen molar-refractivity contribution in [1.29, 1.82) is 0 Å². The van der Waals surface area contributed by atoms with Crippen LogP contribution in [0.4, 0.5) is 23.4 Å². The average molecular weight is 645 g/mol. The van der Waals surface area contributed by atoms with Gasteiger partial charge in [-0.25, -0.2) is 29.9 Å². The normalized spacial score (nSPS) is 11.5. The monoisotopic (exact) mass is 644 g/mol. The lowest BCUT2D eigenvalue weighted by Crippen LogP contribution is -2.15. The second-order valence-corrected chi connectivity index (χ2v) is 8.07. The van der Waals surface area contributed by atoms with Crippen LogP contribution in [0, 0.1) is 0 Å². The number of halogens is 1. The van der Waals surface area contributed by atoms with Crippen molar-refractivity contribution in [1.82, 2.24) is 29.9 Å². The molecule has 45 heavy (non-hydrogen) atoms. The van der Waals surface area contributed by atoms with Crippen molar-refractivity contribution in [2.24, 2.45) is 43.6 Å². The molecule has 23 heteroatoms. The zero-order valence-electron chi connectivity index (χ0n) is 23.0. The largest absolute Gasteiger partial charge is 0.409 e. The fraction of sp³-hybridized carbons (Fsp3) is 0. The smallest absolute Gasteiger partial charge is 0.219 e. The Morgan fingerprint density at radius 1 is 0.556 bits per heavy atom. The molecule has 0 aliphatic carbocycles. The molecule has 0 aromatic carbocycles. The summed E-state index contributed by atoms with van der Waals surface area (Å²) in [6.07, 6.45) is 8.26. The van der Waals surface area contributed by atoms with E-state index in [1.165, 1.54) is 49.3 Å². The predicted octanol–water partition coefficient (Wildman–Crippen LogP) is -1.52. The molecule has 4 aromatic rings. The zero-order chi connectivity index (χ0) is 33.9. The van der Waals surface area contributed by atoms with Crippen LogP contribution in [0.15, 0.2) is 76.0 Å². The van der Waals surface area contributed by atoms with Gasteiger partial charge in [0.25, 0.3) is 0 Å². The quantitative estimate of drug-likeness (QED) is 0.0518. The van der Waals surface area contributed by atoms with E-state index in [0.29, 0.717) is 34.0 Å². The van der Waals surface area contributed by atoms with Crippen molar-refractivity contribution in [2.75, 3.05) is 22.9 Å². The van der Waals surface area contributed by atoms with E-state index < -0.39 is 0 Å². The molecule has 0 aliphatic rings. The minimum Gasteiger partial charge on any atom is -0.409 e. The van der Waals surface area contributed by atoms with Gasteiger partial charge in [-0.2, -0.15) is 0 Å². The lowest BCUT2D eigenvalue weighted by atomic mass is 10.2. The first-order chi connectivity index (χ1) is 21.4. The van der Waals surface area contributed by atoms with Crippen molar-refractivity contribution in [2.45, 2.75) is 0 Å². The van der Waals surface area contributed by atoms with Gasteiger partial charge in [0.15, 0.2) is 23.3 Å². The highest BCUT2D eigenvalue weighted by Gasteiger charge is 2.03. The summed E-state index contributed by atoms with van der Waals surface area (Å²) in [6.45, 7) is 0. The number of anilines is 4. The Morgan fingerprint density at radius 3 is 1.58 bits per heavy atom. The van der Waals surface area contributed by atoms with E-state index in [2.05, 4.69) is 50.5 Å². The van der Waals surface area contributed by atoms with Gasteiger partial charge >= 0.3 is 0 Å². The number of nitrogens with two attached hydrogens (primary N) is 8. The number of nitrogen functional groups attached to an aromatic ring is 4. The third-order valence-corrected chi connectivity index (χ3v) is 4.88. The van der Waals surface area contributed by atoms with Gasteiger partial charge in [-0.15, -0.1) is 0 Å². The Bertz CT molecular complexity index is 1570. The number of hydrogen-bond acceptors (Lipinski definition) is 18. The van der Waals surface area contributed by atoms with E-state index >= 15 is 0 Å². The lowest BCUT2D eigenvalue weighted by molar-refractivity contribution is 0.318. The Labute approximate surface area is 258 Å². The summed E-state index contributed by atoms with van der Waals surface area (Å²) >= 11 is 5.64. The maximum absolute atomic E-state index is 8.31. The van der Waals surface area contributed by atoms with E-state index in [-0.39, 0.29) is 40.1 Å². The minimum absolute atomic E-state index is 0.0269. The highest BCUT2D eigenvalue weighted by molar-refractivity contribution is 6.33. The molecule has 0 amide bonds. The number of amidine groups is 4. The van der Waals surface area contributed by atoms with Crippen molar-refractivity contribution in [3.05, 3.63) is 82.8 Å². The average Bonchev–Trinajstić information content (AvgIpc) is 3.06. The number of oxime groups is 4. The van der Waals surface area contributed by atoms with E-state index in [0.717, 1.165) is 0 Å². The number of nitrogens with zero attached hydrogens (tertiary/aromatic N) is 10. The highest BCUT2D eigenvalue weighted by atomic mass is 35.5. The van der Waals surface area contributed by atoms with Crippen LogP contribution in [-0.2, 0) is 0 Å². The molecular formula is C22H29ClN18O4. The summed E-state index contributed by atoms with van der Waals surface area (Å²) in [4.78, 5) is 22.2. The first kappa shape index (κ1) is 36.1. The second-order valence-electron chi connectivity index (χ2n) is 7.66. The molecule has 0 bridgehead atoms. The molecule has 0 aliphatic heterocycles.